The summed E-state index contributed by atoms with van der Waals surface area (Å²) in [5, 5.41) is 5.19. The van der Waals surface area contributed by atoms with Gasteiger partial charge in [0.2, 0.25) is 5.88 Å². The van der Waals surface area contributed by atoms with E-state index in [1.165, 1.54) is 23.0 Å². The van der Waals surface area contributed by atoms with Crippen molar-refractivity contribution in [2.75, 3.05) is 14.2 Å². The number of halogens is 1. The SMILES string of the molecule is COc1ccc(C2c3c(c4ccccc4oc3=O)Oc3ncn4nc(-c5ccc(F)cc5)nc4c32)cc1OC. The summed E-state index contributed by atoms with van der Waals surface area (Å²) in [6.45, 7) is 0. The Morgan fingerprint density at radius 3 is 2.54 bits per heavy atom. The molecule has 0 aliphatic carbocycles. The van der Waals surface area contributed by atoms with Gasteiger partial charge in [-0.1, -0.05) is 18.2 Å². The van der Waals surface area contributed by atoms with Crippen LogP contribution in [-0.4, -0.2) is 33.8 Å². The zero-order valence-electron chi connectivity index (χ0n) is 20.7. The lowest BCUT2D eigenvalue weighted by Gasteiger charge is -2.27. The summed E-state index contributed by atoms with van der Waals surface area (Å²) in [6.07, 6.45) is 1.50. The normalized spacial score (nSPS) is 14.1. The highest BCUT2D eigenvalue weighted by atomic mass is 19.1. The Morgan fingerprint density at radius 1 is 0.949 bits per heavy atom. The molecule has 10 heteroatoms. The molecule has 0 spiro atoms. The molecule has 6 aromatic rings. The van der Waals surface area contributed by atoms with Crippen LogP contribution in [0.3, 0.4) is 0 Å². The van der Waals surface area contributed by atoms with Gasteiger partial charge in [-0.05, 0) is 54.1 Å². The van der Waals surface area contributed by atoms with Gasteiger partial charge in [-0.3, -0.25) is 0 Å². The van der Waals surface area contributed by atoms with Gasteiger partial charge in [0.1, 0.15) is 17.7 Å². The van der Waals surface area contributed by atoms with Crippen molar-refractivity contribution in [2.24, 2.45) is 0 Å². The fourth-order valence-corrected chi connectivity index (χ4v) is 5.02. The molecule has 0 radical (unpaired) electrons. The van der Waals surface area contributed by atoms with E-state index in [-0.39, 0.29) is 11.7 Å². The fourth-order valence-electron chi connectivity index (χ4n) is 5.02. The lowest BCUT2D eigenvalue weighted by Crippen LogP contribution is -2.22. The van der Waals surface area contributed by atoms with Crippen LogP contribution in [0.4, 0.5) is 4.39 Å². The highest BCUT2D eigenvalue weighted by Gasteiger charge is 2.38. The second-order valence-corrected chi connectivity index (χ2v) is 8.95. The zero-order valence-corrected chi connectivity index (χ0v) is 20.7. The molecule has 0 saturated carbocycles. The molecule has 4 heterocycles. The number of fused-ring (bicyclic) bond motifs is 6. The van der Waals surface area contributed by atoms with Crippen LogP contribution in [0.2, 0.25) is 0 Å². The molecule has 192 valence electrons. The van der Waals surface area contributed by atoms with Crippen molar-refractivity contribution in [3.05, 3.63) is 106 Å². The Balaban J connectivity index is 1.54. The predicted octanol–water partition coefficient (Wildman–Crippen LogP) is 5.34. The van der Waals surface area contributed by atoms with Crippen LogP contribution < -0.4 is 19.8 Å². The molecular formula is C29H19FN4O5. The Hall–Kier alpha value is -5.25. The number of aromatic nitrogens is 4. The molecule has 0 amide bonds. The standard InChI is InChI=1S/C29H19FN4O5/c1-36-20-12-9-16(13-21(20)37-2)22-23-25(18-5-3-4-6-19(18)38-29(23)35)39-28-24(22)27-32-26(33-34(27)14-31-28)15-7-10-17(30)11-8-15/h3-14,22H,1-2H3. The number of methoxy groups -OCH3 is 2. The topological polar surface area (TPSA) is 101 Å². The van der Waals surface area contributed by atoms with Gasteiger partial charge >= 0.3 is 5.63 Å². The highest BCUT2D eigenvalue weighted by molar-refractivity contribution is 5.87. The maximum atomic E-state index is 13.5. The highest BCUT2D eigenvalue weighted by Crippen LogP contribution is 2.49. The number of nitrogens with zero attached hydrogens (tertiary/aromatic N) is 4. The van der Waals surface area contributed by atoms with Crippen molar-refractivity contribution in [2.45, 2.75) is 5.92 Å². The average molecular weight is 522 g/mol. The van der Waals surface area contributed by atoms with Crippen LogP contribution in [0.5, 0.6) is 23.1 Å². The number of para-hydroxylation sites is 1. The van der Waals surface area contributed by atoms with Crippen LogP contribution in [-0.2, 0) is 0 Å². The first-order valence-corrected chi connectivity index (χ1v) is 12.0. The molecule has 7 rings (SSSR count). The third kappa shape index (κ3) is 3.52. The van der Waals surface area contributed by atoms with E-state index in [4.69, 9.17) is 23.6 Å². The van der Waals surface area contributed by atoms with E-state index in [2.05, 4.69) is 10.1 Å². The van der Waals surface area contributed by atoms with Crippen LogP contribution in [0.1, 0.15) is 22.6 Å². The summed E-state index contributed by atoms with van der Waals surface area (Å²) in [5.74, 6) is 0.991. The van der Waals surface area contributed by atoms with Crippen LogP contribution >= 0.6 is 0 Å². The first kappa shape index (κ1) is 22.9. The number of ether oxygens (including phenoxy) is 3. The van der Waals surface area contributed by atoms with Crippen LogP contribution in [0.15, 0.2) is 82.3 Å². The molecule has 0 fully saturated rings. The maximum absolute atomic E-state index is 13.5. The zero-order chi connectivity index (χ0) is 26.7. The van der Waals surface area contributed by atoms with Crippen LogP contribution in [0.25, 0.3) is 28.0 Å². The summed E-state index contributed by atoms with van der Waals surface area (Å²) < 4.78 is 38.1. The summed E-state index contributed by atoms with van der Waals surface area (Å²) in [4.78, 5) is 22.9. The van der Waals surface area contributed by atoms with Gasteiger partial charge in [0.05, 0.1) is 36.7 Å². The van der Waals surface area contributed by atoms with Gasteiger partial charge in [0.25, 0.3) is 0 Å². The first-order chi connectivity index (χ1) is 19.1. The molecule has 0 bridgehead atoms. The molecule has 0 saturated heterocycles. The minimum Gasteiger partial charge on any atom is -0.493 e. The van der Waals surface area contributed by atoms with Gasteiger partial charge in [-0.25, -0.2) is 23.7 Å². The van der Waals surface area contributed by atoms with Gasteiger partial charge < -0.3 is 18.6 Å². The largest absolute Gasteiger partial charge is 0.493 e. The van der Waals surface area contributed by atoms with Crippen molar-refractivity contribution in [3.63, 3.8) is 0 Å². The second-order valence-electron chi connectivity index (χ2n) is 8.95. The molecule has 1 aliphatic heterocycles. The van der Waals surface area contributed by atoms with Crippen molar-refractivity contribution in [1.29, 1.82) is 0 Å². The first-order valence-electron chi connectivity index (χ1n) is 12.0. The Kier molecular flexibility index (Phi) is 5.09. The van der Waals surface area contributed by atoms with Crippen molar-refractivity contribution in [1.82, 2.24) is 19.6 Å². The lowest BCUT2D eigenvalue weighted by molar-refractivity contribution is 0.354. The Morgan fingerprint density at radius 2 is 1.74 bits per heavy atom. The predicted molar refractivity (Wildman–Crippen MR) is 139 cm³/mol. The van der Waals surface area contributed by atoms with E-state index in [0.717, 1.165) is 0 Å². The van der Waals surface area contributed by atoms with Crippen molar-refractivity contribution < 1.29 is 23.0 Å². The Bertz CT molecular complexity index is 1970. The van der Waals surface area contributed by atoms with E-state index in [1.807, 2.05) is 18.2 Å². The van der Waals surface area contributed by atoms with E-state index in [0.29, 0.717) is 61.9 Å². The molecule has 9 nitrogen and oxygen atoms in total. The molecule has 1 atom stereocenters. The van der Waals surface area contributed by atoms with E-state index >= 15 is 0 Å². The Labute approximate surface area is 220 Å². The van der Waals surface area contributed by atoms with Crippen molar-refractivity contribution in [3.8, 4) is 34.5 Å². The maximum Gasteiger partial charge on any atom is 0.344 e. The molecule has 1 aliphatic rings. The molecule has 0 N–H and O–H groups in total. The van der Waals surface area contributed by atoms with E-state index in [9.17, 15) is 9.18 Å². The minimum absolute atomic E-state index is 0.281. The van der Waals surface area contributed by atoms with Gasteiger partial charge in [-0.15, -0.1) is 5.10 Å². The minimum atomic E-state index is -0.689. The summed E-state index contributed by atoms with van der Waals surface area (Å²) in [7, 11) is 3.10. The number of benzene rings is 3. The van der Waals surface area contributed by atoms with Gasteiger partial charge in [0, 0.05) is 5.56 Å². The summed E-state index contributed by atoms with van der Waals surface area (Å²) in [5.41, 5.74) is 2.45. The monoisotopic (exact) mass is 522 g/mol. The van der Waals surface area contributed by atoms with Gasteiger partial charge in [0.15, 0.2) is 28.7 Å². The van der Waals surface area contributed by atoms with Crippen LogP contribution in [0, 0.1) is 5.82 Å². The summed E-state index contributed by atoms with van der Waals surface area (Å²) >= 11 is 0. The summed E-state index contributed by atoms with van der Waals surface area (Å²) in [6, 6.07) is 18.5. The molecule has 39 heavy (non-hydrogen) atoms. The smallest absolute Gasteiger partial charge is 0.344 e. The number of rotatable bonds is 4. The lowest BCUT2D eigenvalue weighted by atomic mass is 9.84. The third-order valence-corrected chi connectivity index (χ3v) is 6.81. The fraction of sp³-hybridized carbons (Fsp3) is 0.103. The quantitative estimate of drug-likeness (QED) is 0.286. The van der Waals surface area contributed by atoms with Crippen molar-refractivity contribution >= 4 is 16.6 Å². The molecule has 3 aromatic carbocycles. The third-order valence-electron chi connectivity index (χ3n) is 6.81. The number of hydrogen-bond acceptors (Lipinski definition) is 8. The molecule has 1 unspecified atom stereocenters. The molecular weight excluding hydrogens is 503 g/mol. The van der Waals surface area contributed by atoms with E-state index in [1.54, 1.807) is 50.6 Å². The number of hydrogen-bond donors (Lipinski definition) is 0. The molecule has 3 aromatic heterocycles. The van der Waals surface area contributed by atoms with E-state index < -0.39 is 11.5 Å². The van der Waals surface area contributed by atoms with Gasteiger partial charge in [-0.2, -0.15) is 0 Å². The average Bonchev–Trinajstić information content (AvgIpc) is 3.41. The second kappa shape index (κ2) is 8.66.